The van der Waals surface area contributed by atoms with E-state index in [-0.39, 0.29) is 0 Å². The predicted octanol–water partition coefficient (Wildman–Crippen LogP) is 9.90. The standard InChI is InChI=1S/C33H48N5O3PS2/c1-3-4-5-6-7-8-9-10-11-12-13-14-19-33(27-17-15-20-43-27,28-18-16-21-44-28)22-29(42(39)40)41-26(2)23-38-25-37-30-31(34)35-24-36-32(30)38/h15-18,20-21,24-26,29H,3-14,19,22-23H2,1-2H3,(H2,34,35,36). The fourth-order valence-electron chi connectivity index (χ4n) is 6.13. The van der Waals surface area contributed by atoms with Crippen LogP contribution in [0.25, 0.3) is 11.2 Å². The minimum absolute atomic E-state index is 0.317. The molecule has 0 aromatic carbocycles. The number of ether oxygens (including phenoxy) is 1. The number of nitrogen functional groups attached to an aromatic ring is 1. The number of aromatic nitrogens is 4. The number of rotatable bonds is 22. The molecule has 4 aromatic rings. The molecule has 4 aromatic heterocycles. The molecule has 0 amide bonds. The Morgan fingerprint density at radius 2 is 1.48 bits per heavy atom. The normalized spacial score (nSPS) is 13.4. The Bertz CT molecular complexity index is 1400. The molecule has 4 rings (SSSR count). The molecule has 4 heterocycles. The van der Waals surface area contributed by atoms with Gasteiger partial charge in [0.25, 0.3) is 0 Å². The Labute approximate surface area is 270 Å². The molecule has 0 fully saturated rings. The van der Waals surface area contributed by atoms with Crippen LogP contribution in [0, 0.1) is 0 Å². The fraction of sp³-hybridized carbons (Fsp3) is 0.606. The molecule has 0 aliphatic heterocycles. The van der Waals surface area contributed by atoms with E-state index in [1.54, 1.807) is 29.0 Å². The molecule has 2 N–H and O–H groups in total. The van der Waals surface area contributed by atoms with Crippen LogP contribution in [0.15, 0.2) is 47.7 Å². The third-order valence-electron chi connectivity index (χ3n) is 8.47. The zero-order valence-electron chi connectivity index (χ0n) is 26.2. The largest absolute Gasteiger partial charge is 0.382 e. The number of hydrogen-bond acceptors (Lipinski definition) is 9. The molecule has 0 aliphatic carbocycles. The van der Waals surface area contributed by atoms with Crippen LogP contribution < -0.4 is 5.73 Å². The summed E-state index contributed by atoms with van der Waals surface area (Å²) in [7, 11) is -2.83. The first-order valence-corrected chi connectivity index (χ1v) is 19.2. The number of nitrogens with zero attached hydrogens (tertiary/aromatic N) is 4. The average molecular weight is 658 g/mol. The summed E-state index contributed by atoms with van der Waals surface area (Å²) in [5.41, 5.74) is 6.68. The van der Waals surface area contributed by atoms with E-state index in [1.807, 2.05) is 11.5 Å². The number of hydrogen-bond donors (Lipinski definition) is 1. The number of anilines is 1. The summed E-state index contributed by atoms with van der Waals surface area (Å²) >= 11 is 3.41. The van der Waals surface area contributed by atoms with Crippen molar-refractivity contribution in [1.29, 1.82) is 0 Å². The van der Waals surface area contributed by atoms with Crippen LogP contribution in [-0.2, 0) is 25.8 Å². The van der Waals surface area contributed by atoms with Gasteiger partial charge < -0.3 is 15.0 Å². The maximum absolute atomic E-state index is 12.7. The highest BCUT2D eigenvalue weighted by molar-refractivity contribution is 7.31. The first kappa shape index (κ1) is 34.5. The van der Waals surface area contributed by atoms with Crippen LogP contribution in [-0.4, -0.2) is 31.5 Å². The van der Waals surface area contributed by atoms with E-state index in [2.05, 4.69) is 56.9 Å². The van der Waals surface area contributed by atoms with E-state index in [0.29, 0.717) is 29.9 Å². The third-order valence-corrected chi connectivity index (χ3v) is 11.4. The number of nitrogens with two attached hydrogens (primary N) is 1. The third kappa shape index (κ3) is 9.56. The first-order chi connectivity index (χ1) is 21.4. The van der Waals surface area contributed by atoms with E-state index in [0.717, 1.165) is 19.3 Å². The molecule has 0 bridgehead atoms. The van der Waals surface area contributed by atoms with E-state index in [4.69, 9.17) is 10.5 Å². The van der Waals surface area contributed by atoms with E-state index in [1.165, 1.54) is 80.3 Å². The summed E-state index contributed by atoms with van der Waals surface area (Å²) in [5.74, 6) is -0.617. The van der Waals surface area contributed by atoms with Gasteiger partial charge in [-0.3, -0.25) is 0 Å². The predicted molar refractivity (Wildman–Crippen MR) is 182 cm³/mol. The van der Waals surface area contributed by atoms with Gasteiger partial charge in [0, 0.05) is 21.6 Å². The van der Waals surface area contributed by atoms with E-state index >= 15 is 0 Å². The summed E-state index contributed by atoms with van der Waals surface area (Å²) in [6.07, 6.45) is 19.4. The van der Waals surface area contributed by atoms with Crippen molar-refractivity contribution in [1.82, 2.24) is 19.5 Å². The highest BCUT2D eigenvalue weighted by atomic mass is 32.1. The van der Waals surface area contributed by atoms with Gasteiger partial charge >= 0.3 is 7.68 Å². The van der Waals surface area contributed by atoms with Crippen LogP contribution in [0.1, 0.15) is 113 Å². The Hall–Kier alpha value is -2.39. The summed E-state index contributed by atoms with van der Waals surface area (Å²) in [5, 5.41) is 4.18. The summed E-state index contributed by atoms with van der Waals surface area (Å²) in [6.45, 7) is 4.56. The lowest BCUT2D eigenvalue weighted by molar-refractivity contribution is 0.0186. The average Bonchev–Trinajstić information content (AvgIpc) is 3.81. The van der Waals surface area contributed by atoms with Crippen molar-refractivity contribution in [3.63, 3.8) is 0 Å². The Balaban J connectivity index is 1.39. The second-order valence-electron chi connectivity index (χ2n) is 11.9. The van der Waals surface area contributed by atoms with Gasteiger partial charge in [-0.25, -0.2) is 24.1 Å². The lowest BCUT2D eigenvalue weighted by atomic mass is 9.76. The van der Waals surface area contributed by atoms with E-state index < -0.39 is 25.0 Å². The van der Waals surface area contributed by atoms with Crippen LogP contribution >= 0.6 is 30.4 Å². The Morgan fingerprint density at radius 1 is 0.886 bits per heavy atom. The lowest BCUT2D eigenvalue weighted by Gasteiger charge is -2.35. The van der Waals surface area contributed by atoms with Crippen molar-refractivity contribution in [2.75, 3.05) is 5.73 Å². The van der Waals surface area contributed by atoms with Crippen molar-refractivity contribution in [3.05, 3.63) is 57.4 Å². The summed E-state index contributed by atoms with van der Waals surface area (Å²) in [4.78, 5) is 15.1. The molecule has 0 radical (unpaired) electrons. The molecule has 8 nitrogen and oxygen atoms in total. The molecule has 2 atom stereocenters. The van der Waals surface area contributed by atoms with Crippen molar-refractivity contribution in [2.45, 2.75) is 128 Å². The highest BCUT2D eigenvalue weighted by Crippen LogP contribution is 2.48. The molecule has 0 saturated carbocycles. The molecular formula is C33H48N5O3PS2. The molecule has 2 unspecified atom stereocenters. The zero-order valence-corrected chi connectivity index (χ0v) is 28.8. The van der Waals surface area contributed by atoms with Crippen molar-refractivity contribution in [2.24, 2.45) is 0 Å². The van der Waals surface area contributed by atoms with Gasteiger partial charge in [0.2, 0.25) is 0 Å². The Kier molecular flexibility index (Phi) is 14.1. The van der Waals surface area contributed by atoms with Crippen LogP contribution in [0.5, 0.6) is 0 Å². The SMILES string of the molecule is CCCCCCCCCCCCCCC(CC(OC(C)Cn1cnc2c(N)ncnc21)P(=O)=O)(c1cccs1)c1cccs1. The van der Waals surface area contributed by atoms with Crippen LogP contribution in [0.2, 0.25) is 0 Å². The topological polar surface area (TPSA) is 113 Å². The second-order valence-corrected chi connectivity index (χ2v) is 14.9. The Morgan fingerprint density at radius 3 is 2.02 bits per heavy atom. The molecular weight excluding hydrogens is 610 g/mol. The zero-order chi connectivity index (χ0) is 31.2. The van der Waals surface area contributed by atoms with Crippen molar-refractivity contribution >= 4 is 47.3 Å². The lowest BCUT2D eigenvalue weighted by Crippen LogP contribution is -2.32. The quantitative estimate of drug-likeness (QED) is 0.0661. The smallest absolute Gasteiger partial charge is 0.345 e. The molecule has 11 heteroatoms. The van der Waals surface area contributed by atoms with Gasteiger partial charge in [-0.1, -0.05) is 96.1 Å². The van der Waals surface area contributed by atoms with Gasteiger partial charge in [0.1, 0.15) is 11.8 Å². The summed E-state index contributed by atoms with van der Waals surface area (Å²) in [6, 6.07) is 8.45. The molecule has 0 spiro atoms. The summed E-state index contributed by atoms with van der Waals surface area (Å²) < 4.78 is 33.7. The number of fused-ring (bicyclic) bond motifs is 1. The molecule has 44 heavy (non-hydrogen) atoms. The van der Waals surface area contributed by atoms with Crippen LogP contribution in [0.3, 0.4) is 0 Å². The minimum Gasteiger partial charge on any atom is -0.382 e. The van der Waals surface area contributed by atoms with Crippen molar-refractivity contribution < 1.29 is 13.9 Å². The van der Waals surface area contributed by atoms with E-state index in [9.17, 15) is 9.13 Å². The minimum atomic E-state index is -2.83. The number of thiophene rings is 2. The highest BCUT2D eigenvalue weighted by Gasteiger charge is 2.40. The number of imidazole rings is 1. The molecule has 0 saturated heterocycles. The monoisotopic (exact) mass is 657 g/mol. The first-order valence-electron chi connectivity index (χ1n) is 16.2. The molecule has 0 aliphatic rings. The van der Waals surface area contributed by atoms with Crippen molar-refractivity contribution in [3.8, 4) is 0 Å². The van der Waals surface area contributed by atoms with Crippen LogP contribution in [0.4, 0.5) is 5.82 Å². The fourth-order valence-corrected chi connectivity index (χ4v) is 8.93. The number of unbranched alkanes of at least 4 members (excludes halogenated alkanes) is 11. The van der Waals surface area contributed by atoms with Gasteiger partial charge in [-0.15, -0.1) is 22.7 Å². The maximum atomic E-state index is 12.7. The second kappa shape index (κ2) is 17.9. The van der Waals surface area contributed by atoms with Gasteiger partial charge in [0.15, 0.2) is 17.3 Å². The van der Waals surface area contributed by atoms with Gasteiger partial charge in [-0.05, 0) is 36.2 Å². The van der Waals surface area contributed by atoms with Gasteiger partial charge in [-0.2, -0.15) is 0 Å². The molecule has 240 valence electrons. The maximum Gasteiger partial charge on any atom is 0.345 e. The van der Waals surface area contributed by atoms with Gasteiger partial charge in [0.05, 0.1) is 19.0 Å².